The zero-order valence-corrected chi connectivity index (χ0v) is 50.9. The SMILES string of the molecule is CC(=O)O[C@H]1[C@H](O[C@H]2[C@H](OC(=O)[C@]34CCC(C)(C)C[C@H]3C3=CC[C@@H]5[C@@]6(C)C[C@H](O)[C@H](O[C@@H]7O[C@H](C(=O)O)[C@@H](O)[C@H](O)[C@H]7O)C(CO)(CO)[C@@H]6CC[C@@]5(C)[C@]3(C)C[C@H]4O)OC[C@H](O)[C@@H]2O)O[C@@H](C)[C@H](O[C@@H]2OC[C@@H](O)[C@H](O[C@@H]3OC[C@](O)(CO)[C@H]3O)[C@H]2O)[C@H]1O. The molecule has 16 N–H and O–H groups in total. The van der Waals surface area contributed by atoms with Crippen LogP contribution in [0.4, 0.5) is 0 Å². The topological polar surface area (TPSA) is 476 Å². The van der Waals surface area contributed by atoms with E-state index in [1.807, 2.05) is 6.92 Å². The summed E-state index contributed by atoms with van der Waals surface area (Å²) in [5.74, 6) is -5.09. The smallest absolute Gasteiger partial charge is 0.335 e. The van der Waals surface area contributed by atoms with Gasteiger partial charge < -0.3 is 134 Å². The molecule has 10 aliphatic rings. The fourth-order valence-corrected chi connectivity index (χ4v) is 17.7. The van der Waals surface area contributed by atoms with Gasteiger partial charge in [-0.1, -0.05) is 46.3 Å². The van der Waals surface area contributed by atoms with Gasteiger partial charge in [0.1, 0.15) is 78.2 Å². The maximum absolute atomic E-state index is 15.6. The first-order chi connectivity index (χ1) is 41.6. The Kier molecular flexibility index (Phi) is 19.4. The Morgan fingerprint density at radius 2 is 1.26 bits per heavy atom. The van der Waals surface area contributed by atoms with Crippen LogP contribution < -0.4 is 0 Å². The van der Waals surface area contributed by atoms with Gasteiger partial charge in [0.2, 0.25) is 6.29 Å². The summed E-state index contributed by atoms with van der Waals surface area (Å²) in [6.45, 7) is 8.73. The predicted octanol–water partition coefficient (Wildman–Crippen LogP) is -4.72. The quantitative estimate of drug-likeness (QED) is 0.0416. The van der Waals surface area contributed by atoms with E-state index in [9.17, 15) is 91.3 Å². The third-order valence-corrected chi connectivity index (χ3v) is 22.9. The molecule has 5 heterocycles. The second-order valence-corrected chi connectivity index (χ2v) is 28.5. The van der Waals surface area contributed by atoms with Crippen LogP contribution in [0.15, 0.2) is 11.6 Å². The molecular formula is C59H92O30. The summed E-state index contributed by atoms with van der Waals surface area (Å²) >= 11 is 0. The molecule has 0 aromatic rings. The van der Waals surface area contributed by atoms with Crippen molar-refractivity contribution >= 4 is 17.9 Å². The van der Waals surface area contributed by atoms with Crippen LogP contribution in [-0.2, 0) is 66.5 Å². The highest BCUT2D eigenvalue weighted by atomic mass is 16.8. The maximum Gasteiger partial charge on any atom is 0.335 e. The molecule has 0 radical (unpaired) electrons. The van der Waals surface area contributed by atoms with Gasteiger partial charge in [-0.3, -0.25) is 9.59 Å². The minimum Gasteiger partial charge on any atom is -0.479 e. The summed E-state index contributed by atoms with van der Waals surface area (Å²) < 4.78 is 64.3. The van der Waals surface area contributed by atoms with Gasteiger partial charge in [-0.2, -0.15) is 0 Å². The number of carbonyl (C=O) groups is 3. The lowest BCUT2D eigenvalue weighted by molar-refractivity contribution is -0.372. The molecule has 0 unspecified atom stereocenters. The molecule has 5 aliphatic heterocycles. The molecule has 31 atom stereocenters. The molecule has 0 spiro atoms. The molecule has 0 bridgehead atoms. The van der Waals surface area contributed by atoms with Crippen molar-refractivity contribution in [2.75, 3.05) is 39.6 Å². The molecule has 5 saturated heterocycles. The average Bonchev–Trinajstić information content (AvgIpc) is 0.977. The van der Waals surface area contributed by atoms with Crippen LogP contribution in [0.1, 0.15) is 99.8 Å². The highest BCUT2D eigenvalue weighted by Crippen LogP contribution is 2.76. The number of fused-ring (bicyclic) bond motifs is 7. The Bertz CT molecular complexity index is 2590. The van der Waals surface area contributed by atoms with Crippen molar-refractivity contribution in [3.63, 3.8) is 0 Å². The number of aliphatic hydroxyl groups excluding tert-OH is 14. The zero-order chi connectivity index (χ0) is 65.2. The summed E-state index contributed by atoms with van der Waals surface area (Å²) in [5, 5.41) is 177. The number of ether oxygens (including phenoxy) is 11. The summed E-state index contributed by atoms with van der Waals surface area (Å²) in [7, 11) is 0. The number of esters is 2. The van der Waals surface area contributed by atoms with E-state index in [0.717, 1.165) is 12.5 Å². The molecule has 0 aromatic heterocycles. The van der Waals surface area contributed by atoms with Crippen molar-refractivity contribution in [3.8, 4) is 0 Å². The van der Waals surface area contributed by atoms with E-state index in [0.29, 0.717) is 32.1 Å². The molecule has 9 fully saturated rings. The number of aliphatic hydroxyl groups is 15. The second-order valence-electron chi connectivity index (χ2n) is 28.5. The largest absolute Gasteiger partial charge is 0.479 e. The minimum atomic E-state index is -2.10. The highest BCUT2D eigenvalue weighted by molar-refractivity contribution is 5.80. The maximum atomic E-state index is 15.6. The van der Waals surface area contributed by atoms with Crippen LogP contribution in [0.25, 0.3) is 0 Å². The van der Waals surface area contributed by atoms with E-state index in [-0.39, 0.29) is 30.6 Å². The number of rotatable bonds is 15. The molecule has 5 aliphatic carbocycles. The van der Waals surface area contributed by atoms with Crippen LogP contribution in [0.3, 0.4) is 0 Å². The van der Waals surface area contributed by atoms with Gasteiger partial charge in [0, 0.05) is 12.3 Å². The predicted molar refractivity (Wildman–Crippen MR) is 292 cm³/mol. The van der Waals surface area contributed by atoms with Crippen LogP contribution in [0.5, 0.6) is 0 Å². The number of hydrogen-bond acceptors (Lipinski definition) is 29. The van der Waals surface area contributed by atoms with Crippen molar-refractivity contribution in [1.29, 1.82) is 0 Å². The molecule has 10 rings (SSSR count). The second kappa shape index (κ2) is 25.1. The first kappa shape index (κ1) is 69.0. The van der Waals surface area contributed by atoms with Gasteiger partial charge in [-0.15, -0.1) is 0 Å². The summed E-state index contributed by atoms with van der Waals surface area (Å²) in [4.78, 5) is 40.3. The Morgan fingerprint density at radius 1 is 0.607 bits per heavy atom. The van der Waals surface area contributed by atoms with Crippen LogP contribution in [0.2, 0.25) is 0 Å². The summed E-state index contributed by atoms with van der Waals surface area (Å²) in [6.07, 6.45) is -35.6. The fraction of sp³-hybridized carbons (Fsp3) is 0.915. The van der Waals surface area contributed by atoms with Crippen LogP contribution >= 0.6 is 0 Å². The monoisotopic (exact) mass is 1280 g/mol. The molecular weight excluding hydrogens is 1190 g/mol. The van der Waals surface area contributed by atoms with Crippen LogP contribution in [-0.4, -0.2) is 286 Å². The van der Waals surface area contributed by atoms with Gasteiger partial charge in [0.25, 0.3) is 0 Å². The first-order valence-corrected chi connectivity index (χ1v) is 30.8. The third kappa shape index (κ3) is 11.3. The molecule has 0 amide bonds. The molecule has 89 heavy (non-hydrogen) atoms. The average molecular weight is 1280 g/mol. The van der Waals surface area contributed by atoms with Crippen molar-refractivity contribution in [1.82, 2.24) is 0 Å². The van der Waals surface area contributed by atoms with E-state index in [4.69, 9.17) is 52.1 Å². The van der Waals surface area contributed by atoms with Crippen molar-refractivity contribution in [3.05, 3.63) is 11.6 Å². The van der Waals surface area contributed by atoms with Gasteiger partial charge in [0.15, 0.2) is 43.5 Å². The lowest BCUT2D eigenvalue weighted by atomic mass is 9.33. The number of carboxylic acid groups (broad SMARTS) is 1. The number of carboxylic acids is 1. The van der Waals surface area contributed by atoms with E-state index < -0.39 is 243 Å². The van der Waals surface area contributed by atoms with Gasteiger partial charge in [0.05, 0.1) is 64.1 Å². The van der Waals surface area contributed by atoms with Gasteiger partial charge in [-0.25, -0.2) is 4.79 Å². The van der Waals surface area contributed by atoms with E-state index in [1.165, 1.54) is 6.92 Å². The first-order valence-electron chi connectivity index (χ1n) is 30.8. The Hall–Kier alpha value is -2.81. The number of hydrogen-bond donors (Lipinski definition) is 16. The Morgan fingerprint density at radius 3 is 1.90 bits per heavy atom. The summed E-state index contributed by atoms with van der Waals surface area (Å²) in [6, 6.07) is 0. The lowest BCUT2D eigenvalue weighted by Gasteiger charge is -2.72. The minimum absolute atomic E-state index is 0.0209. The number of carbonyl (C=O) groups excluding carboxylic acids is 2. The zero-order valence-electron chi connectivity index (χ0n) is 50.9. The van der Waals surface area contributed by atoms with Crippen molar-refractivity contribution in [2.24, 2.45) is 50.2 Å². The van der Waals surface area contributed by atoms with E-state index in [1.54, 1.807) is 0 Å². The van der Waals surface area contributed by atoms with Gasteiger partial charge >= 0.3 is 17.9 Å². The standard InChI is InChI=1S/C59H92O30/c1-23-39(84-47-38(73)40(29(66)18-79-47)85-51-44(74)58(78,21-62)22-81-51)37(72)43(83-24(2)63)50(82-23)87-42-33(68)28(65)17-80-49(42)89-52(77)59-13-12-53(3,4)14-26(59)25-8-9-30-54(5)15-27(64)45(88-48-36(71)34(69)35(70)41(86-48)46(75)76)57(19-60,20-61)31(54)10-11-55(30,6)56(25,7)16-32(59)67/h8,23,26-45,47-51,60-62,64-74,78H,9-22H2,1-7H3,(H,75,76)/t23-,26-,27-,28-,29+,30+,31+,32+,33-,34-,35-,36+,37+,38+,39-,40-,41-,42+,43+,44-,45-,47-,48-,49-,50-,51-,54+,55+,56+,58+,59+/m0/s1. The molecule has 30 nitrogen and oxygen atoms in total. The van der Waals surface area contributed by atoms with Crippen molar-refractivity contribution < 1.29 is 148 Å². The van der Waals surface area contributed by atoms with Gasteiger partial charge in [-0.05, 0) is 97.7 Å². The summed E-state index contributed by atoms with van der Waals surface area (Å²) in [5.41, 5.74) is -7.31. The molecule has 30 heteroatoms. The van der Waals surface area contributed by atoms with Crippen LogP contribution in [0, 0.1) is 50.2 Å². The normalized spacial score (nSPS) is 52.0. The van der Waals surface area contributed by atoms with Crippen molar-refractivity contribution in [2.45, 2.75) is 247 Å². The highest BCUT2D eigenvalue weighted by Gasteiger charge is 2.74. The molecule has 508 valence electrons. The number of allylic oxidation sites excluding steroid dienone is 2. The third-order valence-electron chi connectivity index (χ3n) is 22.9. The van der Waals surface area contributed by atoms with E-state index >= 15 is 4.79 Å². The Labute approximate surface area is 513 Å². The lowest BCUT2D eigenvalue weighted by Crippen LogP contribution is -2.72. The molecule has 4 saturated carbocycles. The van der Waals surface area contributed by atoms with E-state index in [2.05, 4.69) is 33.8 Å². The fourth-order valence-electron chi connectivity index (χ4n) is 17.7. The molecule has 0 aromatic carbocycles. The Balaban J connectivity index is 0.887. The number of aliphatic carboxylic acids is 1.